The first-order valence-corrected chi connectivity index (χ1v) is 7.36. The fourth-order valence-electron chi connectivity index (χ4n) is 2.69. The molecular weight excluding hydrogens is 250 g/mol. The van der Waals surface area contributed by atoms with E-state index in [0.29, 0.717) is 18.9 Å². The number of carbonyl (C=O) groups is 1. The zero-order valence-electron chi connectivity index (χ0n) is 12.3. The Morgan fingerprint density at radius 2 is 2.10 bits per heavy atom. The Morgan fingerprint density at radius 3 is 2.75 bits per heavy atom. The molecule has 1 aromatic carbocycles. The van der Waals surface area contributed by atoms with Crippen molar-refractivity contribution in [1.82, 2.24) is 5.32 Å². The molecule has 20 heavy (non-hydrogen) atoms. The van der Waals surface area contributed by atoms with Gasteiger partial charge < -0.3 is 10.1 Å². The average Bonchev–Trinajstić information content (AvgIpc) is 2.47. The third kappa shape index (κ3) is 3.70. The predicted molar refractivity (Wildman–Crippen MR) is 80.5 cm³/mol. The minimum atomic E-state index is -0.153. The van der Waals surface area contributed by atoms with E-state index in [0.717, 1.165) is 30.6 Å². The van der Waals surface area contributed by atoms with Crippen LogP contribution in [0.4, 0.5) is 0 Å². The number of nitrogens with one attached hydrogen (secondary N) is 1. The van der Waals surface area contributed by atoms with Gasteiger partial charge in [-0.05, 0) is 31.4 Å². The molecular formula is C17H23NO2. The van der Waals surface area contributed by atoms with Gasteiger partial charge in [0.25, 0.3) is 0 Å². The van der Waals surface area contributed by atoms with Gasteiger partial charge in [-0.15, -0.1) is 0 Å². The Morgan fingerprint density at radius 1 is 1.35 bits per heavy atom. The highest BCUT2D eigenvalue weighted by atomic mass is 16.5. The van der Waals surface area contributed by atoms with Gasteiger partial charge in [0.05, 0.1) is 6.61 Å². The Labute approximate surface area is 121 Å². The number of carbonyl (C=O) groups excluding carboxylic acids is 1. The number of benzene rings is 1. The van der Waals surface area contributed by atoms with E-state index in [-0.39, 0.29) is 5.97 Å². The van der Waals surface area contributed by atoms with Crippen LogP contribution in [0.2, 0.25) is 0 Å². The summed E-state index contributed by atoms with van der Waals surface area (Å²) in [5.74, 6) is 0.243. The third-order valence-electron chi connectivity index (χ3n) is 3.75. The smallest absolute Gasteiger partial charge is 0.334 e. The summed E-state index contributed by atoms with van der Waals surface area (Å²) in [7, 11) is 0. The number of hydrogen-bond donors (Lipinski definition) is 1. The molecule has 1 aliphatic rings. The van der Waals surface area contributed by atoms with Crippen LogP contribution in [0.15, 0.2) is 41.5 Å². The second kappa shape index (κ2) is 7.25. The van der Waals surface area contributed by atoms with Crippen LogP contribution in [0.25, 0.3) is 0 Å². The lowest BCUT2D eigenvalue weighted by Crippen LogP contribution is -2.32. The second-order valence-corrected chi connectivity index (χ2v) is 5.24. The first-order chi connectivity index (χ1) is 9.72. The summed E-state index contributed by atoms with van der Waals surface area (Å²) in [6.07, 6.45) is 1.60. The highest BCUT2D eigenvalue weighted by Gasteiger charge is 2.23. The van der Waals surface area contributed by atoms with Gasteiger partial charge in [-0.3, -0.25) is 0 Å². The molecule has 1 saturated heterocycles. The van der Waals surface area contributed by atoms with Gasteiger partial charge in [0.2, 0.25) is 0 Å². The van der Waals surface area contributed by atoms with Crippen molar-refractivity contribution >= 4 is 5.97 Å². The minimum Gasteiger partial charge on any atom is -0.463 e. The Hall–Kier alpha value is -1.61. The molecule has 108 valence electrons. The maximum Gasteiger partial charge on any atom is 0.334 e. The van der Waals surface area contributed by atoms with Crippen molar-refractivity contribution in [2.24, 2.45) is 5.92 Å². The van der Waals surface area contributed by atoms with Gasteiger partial charge in [0.15, 0.2) is 0 Å². The summed E-state index contributed by atoms with van der Waals surface area (Å²) < 4.78 is 5.26. The van der Waals surface area contributed by atoms with Gasteiger partial charge in [-0.25, -0.2) is 4.79 Å². The average molecular weight is 273 g/mol. The second-order valence-electron chi connectivity index (χ2n) is 5.24. The topological polar surface area (TPSA) is 38.3 Å². The molecule has 1 fully saturated rings. The van der Waals surface area contributed by atoms with Crippen LogP contribution in [0.3, 0.4) is 0 Å². The lowest BCUT2D eigenvalue weighted by molar-refractivity contribution is -0.138. The van der Waals surface area contributed by atoms with Crippen molar-refractivity contribution in [3.63, 3.8) is 0 Å². The third-order valence-corrected chi connectivity index (χ3v) is 3.75. The number of rotatable bonds is 4. The van der Waals surface area contributed by atoms with Crippen LogP contribution >= 0.6 is 0 Å². The van der Waals surface area contributed by atoms with E-state index in [1.54, 1.807) is 0 Å². The molecule has 0 bridgehead atoms. The number of hydrogen-bond acceptors (Lipinski definition) is 3. The lowest BCUT2D eigenvalue weighted by Gasteiger charge is -2.26. The highest BCUT2D eigenvalue weighted by molar-refractivity contribution is 5.90. The SMILES string of the molecule is CCOC(=O)/C(Cc1ccccc1)=C1\CCNCC1C. The quantitative estimate of drug-likeness (QED) is 0.677. The predicted octanol–water partition coefficient (Wildman–Crippen LogP) is 2.72. The van der Waals surface area contributed by atoms with E-state index in [1.165, 1.54) is 5.57 Å². The molecule has 0 radical (unpaired) electrons. The normalized spacial score (nSPS) is 21.4. The van der Waals surface area contributed by atoms with E-state index in [4.69, 9.17) is 4.74 Å². The molecule has 0 saturated carbocycles. The molecule has 3 heteroatoms. The fourth-order valence-corrected chi connectivity index (χ4v) is 2.69. The van der Waals surface area contributed by atoms with Crippen LogP contribution in [0.1, 0.15) is 25.8 Å². The van der Waals surface area contributed by atoms with Crippen molar-refractivity contribution in [3.8, 4) is 0 Å². The minimum absolute atomic E-state index is 0.153. The van der Waals surface area contributed by atoms with Crippen LogP contribution < -0.4 is 5.32 Å². The molecule has 1 aliphatic heterocycles. The molecule has 1 heterocycles. The molecule has 2 rings (SSSR count). The molecule has 3 nitrogen and oxygen atoms in total. The molecule has 1 N–H and O–H groups in total. The molecule has 0 aliphatic carbocycles. The van der Waals surface area contributed by atoms with Crippen molar-refractivity contribution in [2.75, 3.05) is 19.7 Å². The Kier molecular flexibility index (Phi) is 5.36. The van der Waals surface area contributed by atoms with Gasteiger partial charge in [0.1, 0.15) is 0 Å². The summed E-state index contributed by atoms with van der Waals surface area (Å²) in [5, 5.41) is 3.37. The van der Waals surface area contributed by atoms with Crippen LogP contribution in [0.5, 0.6) is 0 Å². The van der Waals surface area contributed by atoms with Gasteiger partial charge in [0, 0.05) is 18.5 Å². The molecule has 0 spiro atoms. The zero-order chi connectivity index (χ0) is 14.4. The summed E-state index contributed by atoms with van der Waals surface area (Å²) in [5.41, 5.74) is 3.27. The number of piperidine rings is 1. The van der Waals surface area contributed by atoms with E-state index in [9.17, 15) is 4.79 Å². The summed E-state index contributed by atoms with van der Waals surface area (Å²) in [6, 6.07) is 10.1. The van der Waals surface area contributed by atoms with Crippen LogP contribution in [-0.4, -0.2) is 25.7 Å². The standard InChI is InChI=1S/C17H23NO2/c1-3-20-17(19)16(11-14-7-5-4-6-8-14)15-9-10-18-12-13(15)2/h4-8,13,18H,3,9-12H2,1-2H3/b16-15+. The highest BCUT2D eigenvalue weighted by Crippen LogP contribution is 2.25. The monoisotopic (exact) mass is 273 g/mol. The van der Waals surface area contributed by atoms with E-state index < -0.39 is 0 Å². The largest absolute Gasteiger partial charge is 0.463 e. The summed E-state index contributed by atoms with van der Waals surface area (Å²) in [6.45, 7) is 6.34. The van der Waals surface area contributed by atoms with Crippen molar-refractivity contribution < 1.29 is 9.53 Å². The van der Waals surface area contributed by atoms with Gasteiger partial charge in [-0.1, -0.05) is 42.8 Å². The van der Waals surface area contributed by atoms with Crippen molar-refractivity contribution in [1.29, 1.82) is 0 Å². The molecule has 1 aromatic rings. The molecule has 1 unspecified atom stereocenters. The Bertz CT molecular complexity index is 479. The van der Waals surface area contributed by atoms with E-state index >= 15 is 0 Å². The lowest BCUT2D eigenvalue weighted by atomic mass is 9.87. The van der Waals surface area contributed by atoms with Crippen molar-refractivity contribution in [3.05, 3.63) is 47.0 Å². The summed E-state index contributed by atoms with van der Waals surface area (Å²) in [4.78, 5) is 12.3. The zero-order valence-corrected chi connectivity index (χ0v) is 12.3. The van der Waals surface area contributed by atoms with E-state index in [2.05, 4.69) is 24.4 Å². The summed E-state index contributed by atoms with van der Waals surface area (Å²) >= 11 is 0. The molecule has 1 atom stereocenters. The Balaban J connectivity index is 2.29. The van der Waals surface area contributed by atoms with Gasteiger partial charge in [-0.2, -0.15) is 0 Å². The number of esters is 1. The molecule has 0 amide bonds. The van der Waals surface area contributed by atoms with Crippen LogP contribution in [-0.2, 0) is 16.0 Å². The fraction of sp³-hybridized carbons (Fsp3) is 0.471. The first-order valence-electron chi connectivity index (χ1n) is 7.36. The van der Waals surface area contributed by atoms with Crippen molar-refractivity contribution in [2.45, 2.75) is 26.7 Å². The first kappa shape index (κ1) is 14.8. The van der Waals surface area contributed by atoms with Crippen LogP contribution in [0, 0.1) is 5.92 Å². The maximum absolute atomic E-state index is 12.3. The maximum atomic E-state index is 12.3. The van der Waals surface area contributed by atoms with Gasteiger partial charge >= 0.3 is 5.97 Å². The molecule has 0 aromatic heterocycles. The van der Waals surface area contributed by atoms with E-state index in [1.807, 2.05) is 25.1 Å². The number of ether oxygens (including phenoxy) is 1.